The van der Waals surface area contributed by atoms with Gasteiger partial charge < -0.3 is 14.6 Å². The number of aromatic nitrogens is 5. The Hall–Kier alpha value is -3.88. The number of nitrogens with zero attached hydrogens (tertiary/aromatic N) is 5. The first-order chi connectivity index (χ1) is 15.6. The van der Waals surface area contributed by atoms with E-state index in [0.29, 0.717) is 31.1 Å². The summed E-state index contributed by atoms with van der Waals surface area (Å²) >= 11 is 0. The van der Waals surface area contributed by atoms with Crippen molar-refractivity contribution < 1.29 is 9.53 Å². The summed E-state index contributed by atoms with van der Waals surface area (Å²) in [6.45, 7) is 1.83. The van der Waals surface area contributed by atoms with Gasteiger partial charge in [0.15, 0.2) is 5.82 Å². The van der Waals surface area contributed by atoms with E-state index in [1.54, 1.807) is 30.3 Å². The van der Waals surface area contributed by atoms with Gasteiger partial charge in [-0.2, -0.15) is 5.10 Å². The van der Waals surface area contributed by atoms with Crippen LogP contribution in [0.4, 0.5) is 0 Å². The first-order valence-electron chi connectivity index (χ1n) is 10.6. The Labute approximate surface area is 184 Å². The molecule has 3 aromatic heterocycles. The normalized spacial score (nSPS) is 14.7. The van der Waals surface area contributed by atoms with Crippen molar-refractivity contribution in [2.75, 3.05) is 20.2 Å². The molecule has 0 aliphatic carbocycles. The van der Waals surface area contributed by atoms with Crippen LogP contribution in [0.1, 0.15) is 23.3 Å². The van der Waals surface area contributed by atoms with Gasteiger partial charge in [-0.05, 0) is 49.1 Å². The zero-order valence-electron chi connectivity index (χ0n) is 17.8. The van der Waals surface area contributed by atoms with Gasteiger partial charge in [0.1, 0.15) is 11.4 Å². The second-order valence-electron chi connectivity index (χ2n) is 8.03. The summed E-state index contributed by atoms with van der Waals surface area (Å²) in [5, 5.41) is 9.61. The summed E-state index contributed by atoms with van der Waals surface area (Å²) in [4.78, 5) is 30.4. The van der Waals surface area contributed by atoms with E-state index in [1.165, 1.54) is 10.7 Å². The fourth-order valence-electron chi connectivity index (χ4n) is 4.18. The van der Waals surface area contributed by atoms with E-state index in [2.05, 4.69) is 15.2 Å². The average molecular weight is 432 g/mol. The molecule has 1 saturated heterocycles. The lowest BCUT2D eigenvalue weighted by atomic mass is 9.96. The van der Waals surface area contributed by atoms with Crippen molar-refractivity contribution in [2.45, 2.75) is 19.4 Å². The number of nitrogens with one attached hydrogen (secondary N) is 1. The summed E-state index contributed by atoms with van der Waals surface area (Å²) in [5.41, 5.74) is 1.33. The van der Waals surface area contributed by atoms with Crippen molar-refractivity contribution in [3.05, 3.63) is 70.9 Å². The van der Waals surface area contributed by atoms with Crippen molar-refractivity contribution in [2.24, 2.45) is 5.92 Å². The third-order valence-corrected chi connectivity index (χ3v) is 5.98. The lowest BCUT2D eigenvalue weighted by Gasteiger charge is -2.31. The Bertz CT molecular complexity index is 1300. The molecule has 0 saturated carbocycles. The van der Waals surface area contributed by atoms with Crippen molar-refractivity contribution in [3.63, 3.8) is 0 Å². The minimum Gasteiger partial charge on any atom is -0.497 e. The number of hydrogen-bond acceptors (Lipinski definition) is 5. The Balaban J connectivity index is 1.24. The molecule has 0 atom stereocenters. The maximum Gasteiger partial charge on any atom is 0.270 e. The van der Waals surface area contributed by atoms with Crippen LogP contribution >= 0.6 is 0 Å². The van der Waals surface area contributed by atoms with Crippen LogP contribution in [0, 0.1) is 5.92 Å². The quantitative estimate of drug-likeness (QED) is 0.522. The van der Waals surface area contributed by atoms with E-state index in [0.717, 1.165) is 29.5 Å². The number of amides is 1. The molecule has 32 heavy (non-hydrogen) atoms. The van der Waals surface area contributed by atoms with E-state index in [1.807, 2.05) is 35.2 Å². The third-order valence-electron chi connectivity index (χ3n) is 5.98. The number of H-pyrrole nitrogens is 1. The highest BCUT2D eigenvalue weighted by Gasteiger charge is 2.25. The van der Waals surface area contributed by atoms with Crippen molar-refractivity contribution in [1.29, 1.82) is 0 Å². The largest absolute Gasteiger partial charge is 0.497 e. The Morgan fingerprint density at radius 3 is 2.78 bits per heavy atom. The fraction of sp³-hybridized carbons (Fsp3) is 0.304. The minimum absolute atomic E-state index is 0.00501. The van der Waals surface area contributed by atoms with Crippen molar-refractivity contribution >= 4 is 16.8 Å². The number of methoxy groups -OCH3 is 1. The van der Waals surface area contributed by atoms with Crippen molar-refractivity contribution in [1.82, 2.24) is 29.4 Å². The number of carbonyl (C=O) groups is 1. The van der Waals surface area contributed by atoms with Gasteiger partial charge in [-0.3, -0.25) is 9.59 Å². The van der Waals surface area contributed by atoms with Gasteiger partial charge >= 0.3 is 0 Å². The molecule has 0 radical (unpaired) electrons. The molecule has 0 bridgehead atoms. The average Bonchev–Trinajstić information content (AvgIpc) is 3.50. The van der Waals surface area contributed by atoms with Crippen LogP contribution in [0.2, 0.25) is 0 Å². The maximum absolute atomic E-state index is 13.0. The van der Waals surface area contributed by atoms with Crippen LogP contribution < -0.4 is 10.3 Å². The maximum atomic E-state index is 13.0. The van der Waals surface area contributed by atoms with E-state index in [-0.39, 0.29) is 17.4 Å². The van der Waals surface area contributed by atoms with Crippen LogP contribution in [-0.4, -0.2) is 55.6 Å². The van der Waals surface area contributed by atoms with E-state index >= 15 is 0 Å². The number of hydrogen-bond donors (Lipinski definition) is 1. The molecule has 1 amide bonds. The number of benzene rings is 1. The van der Waals surface area contributed by atoms with Gasteiger partial charge in [0.2, 0.25) is 0 Å². The molecule has 9 heteroatoms. The Morgan fingerprint density at radius 1 is 1.19 bits per heavy atom. The van der Waals surface area contributed by atoms with E-state index in [4.69, 9.17) is 4.74 Å². The number of carbonyl (C=O) groups excluding carboxylic acids is 1. The molecule has 1 aliphatic rings. The highest BCUT2D eigenvalue weighted by atomic mass is 16.5. The number of aromatic amines is 1. The number of fused-ring (bicyclic) bond motifs is 1. The summed E-state index contributed by atoms with van der Waals surface area (Å²) in [7, 11) is 1.62. The Kier molecular flexibility index (Phi) is 5.22. The van der Waals surface area contributed by atoms with Gasteiger partial charge in [0, 0.05) is 55.1 Å². The van der Waals surface area contributed by atoms with Crippen LogP contribution in [0.5, 0.6) is 5.75 Å². The second-order valence-corrected chi connectivity index (χ2v) is 8.03. The topological polar surface area (TPSA) is 98.0 Å². The zero-order chi connectivity index (χ0) is 22.1. The molecule has 1 fully saturated rings. The summed E-state index contributed by atoms with van der Waals surface area (Å²) < 4.78 is 8.39. The summed E-state index contributed by atoms with van der Waals surface area (Å²) in [6, 6.07) is 12.6. The van der Waals surface area contributed by atoms with Crippen LogP contribution in [0.3, 0.4) is 0 Å². The molecule has 4 aromatic rings. The Morgan fingerprint density at radius 2 is 2.03 bits per heavy atom. The molecule has 0 unspecified atom stereocenters. The number of piperidine rings is 1. The number of rotatable bonds is 5. The molecule has 0 spiro atoms. The highest BCUT2D eigenvalue weighted by molar-refractivity contribution is 5.98. The van der Waals surface area contributed by atoms with Crippen molar-refractivity contribution in [3.8, 4) is 11.6 Å². The molecular formula is C23H24N6O3. The first-order valence-corrected chi connectivity index (χ1v) is 10.6. The monoisotopic (exact) mass is 432 g/mol. The fourth-order valence-corrected chi connectivity index (χ4v) is 4.18. The van der Waals surface area contributed by atoms with Gasteiger partial charge in [-0.15, -0.1) is 5.10 Å². The molecule has 4 heterocycles. The molecule has 5 rings (SSSR count). The van der Waals surface area contributed by atoms with Gasteiger partial charge in [0.05, 0.1) is 7.11 Å². The third kappa shape index (κ3) is 3.89. The number of likely N-dealkylation sites (tertiary alicyclic amines) is 1. The predicted molar refractivity (Wildman–Crippen MR) is 119 cm³/mol. The van der Waals surface area contributed by atoms with E-state index < -0.39 is 0 Å². The molecule has 1 N–H and O–H groups in total. The zero-order valence-corrected chi connectivity index (χ0v) is 17.8. The standard InChI is InChI=1S/C23H24N6O3/c1-32-18-4-3-17-13-20(25-19(17)14-18)23(31)27-11-7-16(8-12-27)15-29-22(30)6-5-21(26-29)28-10-2-9-24-28/h2-6,9-10,13-14,16,25H,7-8,11-12,15H2,1H3. The van der Waals surface area contributed by atoms with Gasteiger partial charge in [-0.1, -0.05) is 0 Å². The number of ether oxygens (including phenoxy) is 1. The predicted octanol–water partition coefficient (Wildman–Crippen LogP) is 2.47. The minimum atomic E-state index is -0.132. The summed E-state index contributed by atoms with van der Waals surface area (Å²) in [5.74, 6) is 1.64. The van der Waals surface area contributed by atoms with Crippen LogP contribution in [0.15, 0.2) is 59.7 Å². The van der Waals surface area contributed by atoms with Crippen LogP contribution in [0.25, 0.3) is 16.7 Å². The highest BCUT2D eigenvalue weighted by Crippen LogP contribution is 2.24. The SMILES string of the molecule is COc1ccc2cc(C(=O)N3CCC(Cn4nc(-n5cccn5)ccc4=O)CC3)[nH]c2c1. The van der Waals surface area contributed by atoms with Crippen LogP contribution in [-0.2, 0) is 6.54 Å². The lowest BCUT2D eigenvalue weighted by molar-refractivity contribution is 0.0675. The molecule has 164 valence electrons. The van der Waals surface area contributed by atoms with Gasteiger partial charge in [0.25, 0.3) is 11.5 Å². The van der Waals surface area contributed by atoms with E-state index in [9.17, 15) is 9.59 Å². The molecular weight excluding hydrogens is 408 g/mol. The molecule has 1 aliphatic heterocycles. The van der Waals surface area contributed by atoms with Gasteiger partial charge in [-0.25, -0.2) is 9.36 Å². The summed E-state index contributed by atoms with van der Waals surface area (Å²) in [6.07, 6.45) is 5.11. The smallest absolute Gasteiger partial charge is 0.270 e. The first kappa shape index (κ1) is 20.0. The molecule has 9 nitrogen and oxygen atoms in total. The lowest BCUT2D eigenvalue weighted by Crippen LogP contribution is -2.40. The second kappa shape index (κ2) is 8.33. The molecule has 1 aromatic carbocycles.